The molecule has 3 aromatic rings. The number of amides is 2. The van der Waals surface area contributed by atoms with Crippen molar-refractivity contribution in [3.8, 4) is 5.75 Å². The Labute approximate surface area is 212 Å². The summed E-state index contributed by atoms with van der Waals surface area (Å²) in [5, 5.41) is 4.03. The molecular formula is C29H32N4O3. The molecule has 7 nitrogen and oxygen atoms in total. The van der Waals surface area contributed by atoms with Gasteiger partial charge < -0.3 is 10.5 Å². The molecule has 0 saturated carbocycles. The van der Waals surface area contributed by atoms with Crippen molar-refractivity contribution < 1.29 is 14.3 Å². The fraction of sp³-hybridized carbons (Fsp3) is 0.276. The van der Waals surface area contributed by atoms with E-state index in [-0.39, 0.29) is 12.5 Å². The molecule has 0 unspecified atom stereocenters. The molecule has 1 aliphatic rings. The lowest BCUT2D eigenvalue weighted by atomic mass is 9.90. The zero-order chi connectivity index (χ0) is 25.2. The van der Waals surface area contributed by atoms with Crippen molar-refractivity contribution in [2.75, 3.05) is 19.7 Å². The van der Waals surface area contributed by atoms with Crippen molar-refractivity contribution in [3.63, 3.8) is 0 Å². The largest absolute Gasteiger partial charge is 0.484 e. The zero-order valence-electron chi connectivity index (χ0n) is 20.3. The minimum Gasteiger partial charge on any atom is -0.484 e. The summed E-state index contributed by atoms with van der Waals surface area (Å²) in [6.07, 6.45) is 5.15. The summed E-state index contributed by atoms with van der Waals surface area (Å²) >= 11 is 0. The van der Waals surface area contributed by atoms with E-state index in [4.69, 9.17) is 10.5 Å². The number of primary amides is 1. The fourth-order valence-corrected chi connectivity index (χ4v) is 4.35. The normalized spacial score (nSPS) is 14.6. The predicted octanol–water partition coefficient (Wildman–Crippen LogP) is 3.77. The Balaban J connectivity index is 1.19. The maximum absolute atomic E-state index is 12.4. The molecule has 0 aromatic heterocycles. The van der Waals surface area contributed by atoms with Gasteiger partial charge in [0.1, 0.15) is 5.75 Å². The van der Waals surface area contributed by atoms with Gasteiger partial charge in [-0.1, -0.05) is 42.5 Å². The van der Waals surface area contributed by atoms with Crippen molar-refractivity contribution >= 4 is 18.0 Å². The first kappa shape index (κ1) is 25.1. The van der Waals surface area contributed by atoms with Crippen molar-refractivity contribution in [1.82, 2.24) is 10.3 Å². The second-order valence-corrected chi connectivity index (χ2v) is 9.13. The minimum atomic E-state index is -0.532. The highest BCUT2D eigenvalue weighted by atomic mass is 16.5. The second-order valence-electron chi connectivity index (χ2n) is 9.13. The monoisotopic (exact) mass is 484 g/mol. The Morgan fingerprint density at radius 1 is 0.944 bits per heavy atom. The molecule has 2 amide bonds. The van der Waals surface area contributed by atoms with Crippen LogP contribution in [0.25, 0.3) is 0 Å². The van der Waals surface area contributed by atoms with Crippen molar-refractivity contribution in [2.24, 2.45) is 16.8 Å². The summed E-state index contributed by atoms with van der Waals surface area (Å²) in [6, 6.07) is 25.4. The van der Waals surface area contributed by atoms with Crippen molar-refractivity contribution in [1.29, 1.82) is 0 Å². The van der Waals surface area contributed by atoms with Gasteiger partial charge in [0.2, 0.25) is 0 Å². The molecule has 186 valence electrons. The number of carbonyl (C=O) groups excluding carboxylic acids is 2. The molecule has 0 bridgehead atoms. The number of hydrazone groups is 1. The van der Waals surface area contributed by atoms with Crippen LogP contribution >= 0.6 is 0 Å². The number of nitrogens with zero attached hydrogens (tertiary/aromatic N) is 2. The van der Waals surface area contributed by atoms with E-state index in [0.717, 1.165) is 37.5 Å². The maximum atomic E-state index is 12.4. The van der Waals surface area contributed by atoms with Crippen LogP contribution < -0.4 is 15.9 Å². The van der Waals surface area contributed by atoms with Gasteiger partial charge in [-0.3, -0.25) is 14.5 Å². The van der Waals surface area contributed by atoms with E-state index in [1.54, 1.807) is 30.5 Å². The van der Waals surface area contributed by atoms with Crippen LogP contribution in [0, 0.1) is 5.92 Å². The Morgan fingerprint density at radius 3 is 2.31 bits per heavy atom. The van der Waals surface area contributed by atoms with Crippen LogP contribution in [0.1, 0.15) is 39.9 Å². The summed E-state index contributed by atoms with van der Waals surface area (Å²) < 4.78 is 5.22. The molecule has 0 aliphatic carbocycles. The Morgan fingerprint density at radius 2 is 1.64 bits per heavy atom. The molecule has 0 atom stereocenters. The molecule has 0 spiro atoms. The molecule has 1 aliphatic heterocycles. The zero-order valence-corrected chi connectivity index (χ0v) is 20.3. The maximum Gasteiger partial charge on any atom is 0.271 e. The Kier molecular flexibility index (Phi) is 8.83. The highest BCUT2D eigenvalue weighted by Gasteiger charge is 2.19. The Bertz CT molecular complexity index is 1150. The fourth-order valence-electron chi connectivity index (χ4n) is 4.35. The van der Waals surface area contributed by atoms with Crippen LogP contribution in [0.5, 0.6) is 5.75 Å². The molecule has 7 heteroatoms. The molecule has 0 radical (unpaired) electrons. The van der Waals surface area contributed by atoms with Gasteiger partial charge in [0.15, 0.2) is 6.61 Å². The highest BCUT2D eigenvalue weighted by Crippen LogP contribution is 2.23. The summed E-state index contributed by atoms with van der Waals surface area (Å²) in [7, 11) is 0. The SMILES string of the molecule is NC(=O)COc1ccc(C=NNC(=O)c2ccc(CN3CCC(Cc4ccccc4)CC3)cc2)cc1. The summed E-state index contributed by atoms with van der Waals surface area (Å²) in [6.45, 7) is 2.94. The lowest BCUT2D eigenvalue weighted by molar-refractivity contribution is -0.119. The minimum absolute atomic E-state index is 0.171. The summed E-state index contributed by atoms with van der Waals surface area (Å²) in [5.74, 6) is 0.492. The smallest absolute Gasteiger partial charge is 0.271 e. The number of rotatable bonds is 10. The van der Waals surface area contributed by atoms with Gasteiger partial charge in [-0.05, 0) is 91.4 Å². The number of likely N-dealkylation sites (tertiary alicyclic amines) is 1. The number of nitrogens with two attached hydrogens (primary N) is 1. The van der Waals surface area contributed by atoms with E-state index in [1.165, 1.54) is 24.0 Å². The number of carbonyl (C=O) groups is 2. The number of nitrogens with one attached hydrogen (secondary N) is 1. The third-order valence-corrected chi connectivity index (χ3v) is 6.34. The lowest BCUT2D eigenvalue weighted by Crippen LogP contribution is -2.33. The number of hydrogen-bond donors (Lipinski definition) is 2. The number of hydrogen-bond acceptors (Lipinski definition) is 5. The lowest BCUT2D eigenvalue weighted by Gasteiger charge is -2.32. The van der Waals surface area contributed by atoms with Gasteiger partial charge >= 0.3 is 0 Å². The standard InChI is InChI=1S/C29H32N4O3/c30-28(34)21-36-27-12-8-24(9-13-27)19-31-32-29(35)26-10-6-25(7-11-26)20-33-16-14-23(15-17-33)18-22-4-2-1-3-5-22/h1-13,19,23H,14-18,20-21H2,(H2,30,34)(H,32,35). The summed E-state index contributed by atoms with van der Waals surface area (Å²) in [5.41, 5.74) is 11.6. The van der Waals surface area contributed by atoms with Gasteiger partial charge in [-0.2, -0.15) is 5.10 Å². The van der Waals surface area contributed by atoms with E-state index in [1.807, 2.05) is 24.3 Å². The Hall–Kier alpha value is -3.97. The van der Waals surface area contributed by atoms with E-state index in [0.29, 0.717) is 11.3 Å². The van der Waals surface area contributed by atoms with Gasteiger partial charge in [-0.25, -0.2) is 5.43 Å². The van der Waals surface area contributed by atoms with Crippen LogP contribution in [0.4, 0.5) is 0 Å². The van der Waals surface area contributed by atoms with Crippen LogP contribution in [0.3, 0.4) is 0 Å². The topological polar surface area (TPSA) is 97.0 Å². The third-order valence-electron chi connectivity index (χ3n) is 6.34. The van der Waals surface area contributed by atoms with E-state index in [2.05, 4.69) is 45.8 Å². The van der Waals surface area contributed by atoms with Crippen molar-refractivity contribution in [2.45, 2.75) is 25.8 Å². The molecule has 3 N–H and O–H groups in total. The first-order chi connectivity index (χ1) is 17.5. The van der Waals surface area contributed by atoms with E-state index < -0.39 is 5.91 Å². The quantitative estimate of drug-likeness (QED) is 0.338. The molecule has 1 fully saturated rings. The summed E-state index contributed by atoms with van der Waals surface area (Å²) in [4.78, 5) is 25.7. The number of benzene rings is 3. The van der Waals surface area contributed by atoms with Crippen molar-refractivity contribution in [3.05, 3.63) is 101 Å². The van der Waals surface area contributed by atoms with Gasteiger partial charge in [0, 0.05) is 12.1 Å². The van der Waals surface area contributed by atoms with Crippen LogP contribution in [0.2, 0.25) is 0 Å². The van der Waals surface area contributed by atoms with E-state index in [9.17, 15) is 9.59 Å². The molecule has 36 heavy (non-hydrogen) atoms. The number of ether oxygens (including phenoxy) is 1. The molecule has 1 heterocycles. The van der Waals surface area contributed by atoms with E-state index >= 15 is 0 Å². The second kappa shape index (κ2) is 12.7. The average Bonchev–Trinajstić information content (AvgIpc) is 2.90. The van der Waals surface area contributed by atoms with Crippen LogP contribution in [-0.2, 0) is 17.8 Å². The first-order valence-electron chi connectivity index (χ1n) is 12.2. The molecule has 3 aromatic carbocycles. The van der Waals surface area contributed by atoms with Gasteiger partial charge in [-0.15, -0.1) is 0 Å². The number of piperidine rings is 1. The first-order valence-corrected chi connectivity index (χ1v) is 12.2. The average molecular weight is 485 g/mol. The third kappa shape index (κ3) is 7.78. The predicted molar refractivity (Wildman–Crippen MR) is 141 cm³/mol. The molecular weight excluding hydrogens is 452 g/mol. The van der Waals surface area contributed by atoms with Gasteiger partial charge in [0.05, 0.1) is 6.21 Å². The highest BCUT2D eigenvalue weighted by molar-refractivity contribution is 5.94. The molecule has 4 rings (SSSR count). The van der Waals surface area contributed by atoms with Crippen LogP contribution in [-0.4, -0.2) is 42.6 Å². The van der Waals surface area contributed by atoms with Crippen LogP contribution in [0.15, 0.2) is 84.0 Å². The van der Waals surface area contributed by atoms with Gasteiger partial charge in [0.25, 0.3) is 11.8 Å². The molecule has 1 saturated heterocycles.